The highest BCUT2D eigenvalue weighted by atomic mass is 16.3. The second-order valence-corrected chi connectivity index (χ2v) is 9.35. The fourth-order valence-electron chi connectivity index (χ4n) is 4.49. The van der Waals surface area contributed by atoms with E-state index in [1.54, 1.807) is 6.20 Å². The molecule has 1 aromatic heterocycles. The molecule has 31 heavy (non-hydrogen) atoms. The lowest BCUT2D eigenvalue weighted by molar-refractivity contribution is 0.133. The largest absolute Gasteiger partial charge is 0.396 e. The van der Waals surface area contributed by atoms with E-state index in [4.69, 9.17) is 10.4 Å². The van der Waals surface area contributed by atoms with Crippen molar-refractivity contribution < 1.29 is 5.11 Å². The van der Waals surface area contributed by atoms with Crippen molar-refractivity contribution >= 4 is 28.0 Å². The number of aliphatic hydroxyl groups is 1. The normalized spacial score (nSPS) is 24.8. The summed E-state index contributed by atoms with van der Waals surface area (Å²) in [6.07, 6.45) is 7.91. The van der Waals surface area contributed by atoms with Gasteiger partial charge in [-0.25, -0.2) is 4.98 Å². The van der Waals surface area contributed by atoms with Crippen molar-refractivity contribution in [2.24, 2.45) is 11.8 Å². The molecule has 0 atom stereocenters. The minimum atomic E-state index is 0.262. The Morgan fingerprint density at radius 1 is 1.19 bits per heavy atom. The Balaban J connectivity index is 1.40. The zero-order valence-corrected chi connectivity index (χ0v) is 18.2. The molecular weight excluding hydrogens is 388 g/mol. The van der Waals surface area contributed by atoms with Gasteiger partial charge in [-0.15, -0.1) is 0 Å². The predicted molar refractivity (Wildman–Crippen MR) is 124 cm³/mol. The molecule has 3 N–H and O–H groups in total. The fraction of sp³-hybridized carbons (Fsp3) is 0.542. The highest BCUT2D eigenvalue weighted by Gasteiger charge is 2.31. The van der Waals surface area contributed by atoms with Gasteiger partial charge in [-0.05, 0) is 56.8 Å². The van der Waals surface area contributed by atoms with Gasteiger partial charge in [-0.1, -0.05) is 0 Å². The number of rotatable bonds is 7. The average molecular weight is 421 g/mol. The molecule has 1 aromatic carbocycles. The first-order chi connectivity index (χ1) is 15.1. The minimum absolute atomic E-state index is 0.262. The fourth-order valence-corrected chi connectivity index (χ4v) is 4.49. The number of aliphatic hydroxyl groups excluding tert-OH is 1. The van der Waals surface area contributed by atoms with E-state index in [0.29, 0.717) is 23.6 Å². The molecule has 0 amide bonds. The second-order valence-electron chi connectivity index (χ2n) is 9.35. The molecule has 3 aliphatic rings. The summed E-state index contributed by atoms with van der Waals surface area (Å²) in [6, 6.07) is 6.70. The molecule has 164 valence electrons. The van der Waals surface area contributed by atoms with Crippen molar-refractivity contribution in [1.29, 1.82) is 5.41 Å². The second kappa shape index (κ2) is 8.55. The van der Waals surface area contributed by atoms with Gasteiger partial charge in [-0.3, -0.25) is 4.98 Å². The molecule has 7 nitrogen and oxygen atoms in total. The number of nitrogens with one attached hydrogen (secondary N) is 2. The van der Waals surface area contributed by atoms with Gasteiger partial charge in [0.25, 0.3) is 0 Å². The van der Waals surface area contributed by atoms with Crippen molar-refractivity contribution in [2.45, 2.75) is 31.7 Å². The summed E-state index contributed by atoms with van der Waals surface area (Å²) in [6.45, 7) is 4.44. The van der Waals surface area contributed by atoms with Gasteiger partial charge in [0.1, 0.15) is 0 Å². The number of likely N-dealkylation sites (N-methyl/N-ethyl adjacent to an activating group) is 1. The summed E-state index contributed by atoms with van der Waals surface area (Å²) < 4.78 is 0. The van der Waals surface area contributed by atoms with Crippen molar-refractivity contribution in [3.05, 3.63) is 36.3 Å². The Bertz CT molecular complexity index is 987. The summed E-state index contributed by atoms with van der Waals surface area (Å²) in [4.78, 5) is 14.4. The van der Waals surface area contributed by atoms with Gasteiger partial charge in [0, 0.05) is 67.9 Å². The quantitative estimate of drug-likeness (QED) is 0.597. The van der Waals surface area contributed by atoms with Crippen molar-refractivity contribution in [3.63, 3.8) is 0 Å². The number of hydrogen-bond acceptors (Lipinski definition) is 7. The van der Waals surface area contributed by atoms with Gasteiger partial charge >= 0.3 is 0 Å². The Labute approximate surface area is 183 Å². The van der Waals surface area contributed by atoms with Crippen LogP contribution in [0.1, 0.15) is 31.4 Å². The Morgan fingerprint density at radius 3 is 2.68 bits per heavy atom. The summed E-state index contributed by atoms with van der Waals surface area (Å²) in [5.41, 5.74) is 5.25. The van der Waals surface area contributed by atoms with Crippen molar-refractivity contribution in [1.82, 2.24) is 20.2 Å². The average Bonchev–Trinajstić information content (AvgIpc) is 3.60. The number of piperazine rings is 1. The zero-order chi connectivity index (χ0) is 21.4. The smallest absolute Gasteiger partial charge is 0.0925 e. The molecule has 2 heterocycles. The third-order valence-electron chi connectivity index (χ3n) is 6.90. The van der Waals surface area contributed by atoms with E-state index in [1.807, 2.05) is 6.20 Å². The molecule has 0 spiro atoms. The van der Waals surface area contributed by atoms with Gasteiger partial charge in [0.15, 0.2) is 0 Å². The maximum Gasteiger partial charge on any atom is 0.0925 e. The van der Waals surface area contributed by atoms with Crippen LogP contribution in [0, 0.1) is 17.2 Å². The lowest BCUT2D eigenvalue weighted by Crippen LogP contribution is -2.44. The molecule has 3 fully saturated rings. The third kappa shape index (κ3) is 4.43. The standard InChI is InChI=1S/C24H32N6O/c1-29-6-8-30(9-7-29)19-4-5-21-22(12-19)28-23(14-27-21)20(24(25)17-2-3-17)13-26-18-10-16(11-18)15-31/h4-5,12-14,16-18,25-26,31H,2-3,6-11,15H2,1H3/b20-13-,25-24?. The third-order valence-corrected chi connectivity index (χ3v) is 6.90. The van der Waals surface area contributed by atoms with Crippen LogP contribution in [0.3, 0.4) is 0 Å². The highest BCUT2D eigenvalue weighted by Crippen LogP contribution is 2.35. The van der Waals surface area contributed by atoms with E-state index in [9.17, 15) is 5.11 Å². The molecule has 0 bridgehead atoms. The number of hydrogen-bond donors (Lipinski definition) is 3. The van der Waals surface area contributed by atoms with Gasteiger partial charge < -0.3 is 25.6 Å². The summed E-state index contributed by atoms with van der Waals surface area (Å²) in [5, 5.41) is 21.4. The SMILES string of the molecule is CN1CCN(c2ccc3ncc(/C(=C/NC4CC(CO)C4)C(=N)C4CC4)nc3c2)CC1. The van der Waals surface area contributed by atoms with E-state index in [2.05, 4.69) is 45.3 Å². The molecule has 1 saturated heterocycles. The van der Waals surface area contributed by atoms with Crippen LogP contribution < -0.4 is 10.2 Å². The lowest BCUT2D eigenvalue weighted by Gasteiger charge is -2.34. The Kier molecular flexibility index (Phi) is 5.63. The van der Waals surface area contributed by atoms with Crippen LogP contribution in [0.5, 0.6) is 0 Å². The Hall–Kier alpha value is -2.51. The van der Waals surface area contributed by atoms with Gasteiger partial charge in [0.05, 0.1) is 22.9 Å². The van der Waals surface area contributed by atoms with Crippen molar-refractivity contribution in [2.75, 3.05) is 44.7 Å². The molecule has 2 aromatic rings. The van der Waals surface area contributed by atoms with Crippen molar-refractivity contribution in [3.8, 4) is 0 Å². The van der Waals surface area contributed by atoms with Crippen LogP contribution >= 0.6 is 0 Å². The predicted octanol–water partition coefficient (Wildman–Crippen LogP) is 2.51. The van der Waals surface area contributed by atoms with E-state index in [-0.39, 0.29) is 6.61 Å². The molecule has 0 radical (unpaired) electrons. The minimum Gasteiger partial charge on any atom is -0.396 e. The Morgan fingerprint density at radius 2 is 1.97 bits per heavy atom. The van der Waals surface area contributed by atoms with E-state index in [1.165, 1.54) is 5.69 Å². The zero-order valence-electron chi connectivity index (χ0n) is 18.2. The lowest BCUT2D eigenvalue weighted by atomic mass is 9.81. The highest BCUT2D eigenvalue weighted by molar-refractivity contribution is 6.23. The summed E-state index contributed by atoms with van der Waals surface area (Å²) in [5.74, 6) is 0.750. The van der Waals surface area contributed by atoms with Gasteiger partial charge in [-0.2, -0.15) is 0 Å². The molecule has 0 unspecified atom stereocenters. The molecular formula is C24H32N6O. The summed E-state index contributed by atoms with van der Waals surface area (Å²) in [7, 11) is 2.17. The number of aromatic nitrogens is 2. The number of fused-ring (bicyclic) bond motifs is 1. The van der Waals surface area contributed by atoms with Crippen LogP contribution in [-0.2, 0) is 0 Å². The number of benzene rings is 1. The first-order valence-corrected chi connectivity index (χ1v) is 11.5. The molecule has 2 saturated carbocycles. The van der Waals surface area contributed by atoms with E-state index < -0.39 is 0 Å². The number of allylic oxidation sites excluding steroid dienone is 1. The number of anilines is 1. The molecule has 1 aliphatic heterocycles. The first-order valence-electron chi connectivity index (χ1n) is 11.5. The summed E-state index contributed by atoms with van der Waals surface area (Å²) >= 11 is 0. The van der Waals surface area contributed by atoms with Gasteiger partial charge in [0.2, 0.25) is 0 Å². The van der Waals surface area contributed by atoms with Crippen LogP contribution in [0.2, 0.25) is 0 Å². The molecule has 5 rings (SSSR count). The van der Waals surface area contributed by atoms with Crippen LogP contribution in [0.4, 0.5) is 5.69 Å². The van der Waals surface area contributed by atoms with Crippen LogP contribution in [0.15, 0.2) is 30.6 Å². The van der Waals surface area contributed by atoms with E-state index in [0.717, 1.165) is 74.2 Å². The maximum absolute atomic E-state index is 9.26. The van der Waals surface area contributed by atoms with Crippen LogP contribution in [0.25, 0.3) is 16.6 Å². The molecule has 2 aliphatic carbocycles. The topological polar surface area (TPSA) is 88.4 Å². The monoisotopic (exact) mass is 420 g/mol. The number of nitrogens with zero attached hydrogens (tertiary/aromatic N) is 4. The molecule has 7 heteroatoms. The van der Waals surface area contributed by atoms with Crippen LogP contribution in [-0.4, -0.2) is 71.6 Å². The maximum atomic E-state index is 9.26. The van der Waals surface area contributed by atoms with E-state index >= 15 is 0 Å². The first kappa shape index (κ1) is 20.4.